The van der Waals surface area contributed by atoms with E-state index >= 15 is 0 Å². The van der Waals surface area contributed by atoms with Gasteiger partial charge < -0.3 is 29.6 Å². The van der Waals surface area contributed by atoms with Crippen molar-refractivity contribution in [3.05, 3.63) is 45.1 Å². The average Bonchev–Trinajstić information content (AvgIpc) is 2.81. The van der Waals surface area contributed by atoms with E-state index in [2.05, 4.69) is 10.6 Å². The van der Waals surface area contributed by atoms with Crippen LogP contribution in [0.4, 0.5) is 0 Å². The van der Waals surface area contributed by atoms with Gasteiger partial charge in [-0.15, -0.1) is 0 Å². The highest BCUT2D eigenvalue weighted by Crippen LogP contribution is 2.26. The SMILES string of the molecule is CCOC(=O)C1=C(C)NC(C)=C(C(=O)OCCCCOC(=O)C2=C(C)NC(C)=C(C(=O)OCC)C2)C1. The number of nitrogens with one attached hydrogen (secondary N) is 2. The van der Waals surface area contributed by atoms with Gasteiger partial charge in [0.25, 0.3) is 0 Å². The molecule has 0 spiro atoms. The van der Waals surface area contributed by atoms with E-state index in [9.17, 15) is 19.2 Å². The number of carbonyl (C=O) groups is 4. The smallest absolute Gasteiger partial charge is 0.336 e. The quantitative estimate of drug-likeness (QED) is 0.246. The van der Waals surface area contributed by atoms with Gasteiger partial charge in [0, 0.05) is 35.6 Å². The molecule has 0 atom stereocenters. The molecule has 198 valence electrons. The van der Waals surface area contributed by atoms with Crippen LogP contribution in [0.1, 0.15) is 67.2 Å². The molecule has 36 heavy (non-hydrogen) atoms. The molecule has 2 N–H and O–H groups in total. The number of dihydropyridines is 2. The van der Waals surface area contributed by atoms with E-state index in [1.807, 2.05) is 0 Å². The summed E-state index contributed by atoms with van der Waals surface area (Å²) in [5.74, 6) is -1.93. The summed E-state index contributed by atoms with van der Waals surface area (Å²) >= 11 is 0. The molecule has 0 saturated heterocycles. The van der Waals surface area contributed by atoms with Crippen LogP contribution in [-0.2, 0) is 38.1 Å². The van der Waals surface area contributed by atoms with Crippen molar-refractivity contribution in [1.29, 1.82) is 0 Å². The van der Waals surface area contributed by atoms with Crippen molar-refractivity contribution in [1.82, 2.24) is 10.6 Å². The second kappa shape index (κ2) is 13.5. The van der Waals surface area contributed by atoms with Gasteiger partial charge >= 0.3 is 23.9 Å². The lowest BCUT2D eigenvalue weighted by atomic mass is 9.98. The lowest BCUT2D eigenvalue weighted by Gasteiger charge is -2.22. The first kappa shape index (κ1) is 28.7. The zero-order valence-electron chi connectivity index (χ0n) is 21.9. The molecular formula is C26H36N2O8. The third kappa shape index (κ3) is 7.47. The number of carbonyl (C=O) groups excluding carboxylic acids is 4. The Bertz CT molecular complexity index is 951. The fourth-order valence-corrected chi connectivity index (χ4v) is 3.79. The molecule has 0 aromatic rings. The second-order valence-electron chi connectivity index (χ2n) is 8.44. The van der Waals surface area contributed by atoms with Gasteiger partial charge in [-0.2, -0.15) is 0 Å². The van der Waals surface area contributed by atoms with Gasteiger partial charge in [-0.3, -0.25) is 0 Å². The van der Waals surface area contributed by atoms with Crippen LogP contribution in [0.15, 0.2) is 45.1 Å². The highest BCUT2D eigenvalue weighted by molar-refractivity contribution is 5.97. The highest BCUT2D eigenvalue weighted by Gasteiger charge is 2.28. The van der Waals surface area contributed by atoms with Gasteiger partial charge in [0.15, 0.2) is 0 Å². The molecule has 2 aliphatic rings. The molecule has 2 heterocycles. The van der Waals surface area contributed by atoms with Crippen LogP contribution in [0.2, 0.25) is 0 Å². The molecule has 0 unspecified atom stereocenters. The molecule has 2 aliphatic heterocycles. The van der Waals surface area contributed by atoms with E-state index in [0.29, 0.717) is 57.9 Å². The van der Waals surface area contributed by atoms with E-state index in [1.165, 1.54) is 0 Å². The number of unbranched alkanes of at least 4 members (excludes halogenated alkanes) is 1. The van der Waals surface area contributed by atoms with Gasteiger partial charge in [0.05, 0.1) is 48.7 Å². The molecular weight excluding hydrogens is 468 g/mol. The minimum atomic E-state index is -0.506. The monoisotopic (exact) mass is 504 g/mol. The molecule has 2 rings (SSSR count). The molecule has 0 saturated carbocycles. The normalized spacial score (nSPS) is 15.8. The van der Waals surface area contributed by atoms with Crippen LogP contribution < -0.4 is 10.6 Å². The Balaban J connectivity index is 1.77. The Kier molecular flexibility index (Phi) is 10.8. The van der Waals surface area contributed by atoms with E-state index in [4.69, 9.17) is 18.9 Å². The maximum absolute atomic E-state index is 12.5. The predicted molar refractivity (Wildman–Crippen MR) is 131 cm³/mol. The first-order valence-electron chi connectivity index (χ1n) is 12.1. The number of rotatable bonds is 11. The largest absolute Gasteiger partial charge is 0.463 e. The van der Waals surface area contributed by atoms with Crippen molar-refractivity contribution in [3.63, 3.8) is 0 Å². The number of hydrogen-bond acceptors (Lipinski definition) is 10. The standard InChI is InChI=1S/C26H36N2O8/c1-7-33-23(29)19-13-21(17(5)27-15(19)3)25(31)35-11-9-10-12-36-26(32)22-14-20(24(30)34-8-2)16(4)28-18(22)6/h27-28H,7-14H2,1-6H3. The lowest BCUT2D eigenvalue weighted by Crippen LogP contribution is -2.27. The average molecular weight is 505 g/mol. The van der Waals surface area contributed by atoms with Crippen LogP contribution in [-0.4, -0.2) is 50.3 Å². The van der Waals surface area contributed by atoms with Crippen molar-refractivity contribution in [2.45, 2.75) is 67.2 Å². The molecule has 10 heteroatoms. The summed E-state index contributed by atoms with van der Waals surface area (Å²) in [6, 6.07) is 0. The maximum Gasteiger partial charge on any atom is 0.336 e. The molecule has 0 radical (unpaired) electrons. The van der Waals surface area contributed by atoms with Gasteiger partial charge in [0.2, 0.25) is 0 Å². The van der Waals surface area contributed by atoms with Crippen molar-refractivity contribution in [2.75, 3.05) is 26.4 Å². The van der Waals surface area contributed by atoms with Crippen LogP contribution in [0, 0.1) is 0 Å². The first-order valence-corrected chi connectivity index (χ1v) is 12.1. The van der Waals surface area contributed by atoms with Crippen LogP contribution in [0.3, 0.4) is 0 Å². The predicted octanol–water partition coefficient (Wildman–Crippen LogP) is 3.06. The van der Waals surface area contributed by atoms with Crippen LogP contribution in [0.25, 0.3) is 0 Å². The van der Waals surface area contributed by atoms with Gasteiger partial charge in [-0.25, -0.2) is 19.2 Å². The Hall–Kier alpha value is -3.56. The lowest BCUT2D eigenvalue weighted by molar-refractivity contribution is -0.142. The molecule has 0 aromatic heterocycles. The fourth-order valence-electron chi connectivity index (χ4n) is 3.79. The zero-order chi connectivity index (χ0) is 26.8. The van der Waals surface area contributed by atoms with E-state index < -0.39 is 23.9 Å². The molecule has 10 nitrogen and oxygen atoms in total. The summed E-state index contributed by atoms with van der Waals surface area (Å²) in [4.78, 5) is 49.4. The summed E-state index contributed by atoms with van der Waals surface area (Å²) in [5.41, 5.74) is 4.14. The zero-order valence-corrected chi connectivity index (χ0v) is 21.9. The summed E-state index contributed by atoms with van der Waals surface area (Å²) in [5, 5.41) is 6.07. The third-order valence-corrected chi connectivity index (χ3v) is 5.81. The molecule has 0 fully saturated rings. The van der Waals surface area contributed by atoms with Crippen molar-refractivity contribution < 1.29 is 38.1 Å². The molecule has 0 aliphatic carbocycles. The van der Waals surface area contributed by atoms with E-state index in [1.54, 1.807) is 41.5 Å². The minimum absolute atomic E-state index is 0.142. The van der Waals surface area contributed by atoms with Gasteiger partial charge in [0.1, 0.15) is 0 Å². The maximum atomic E-state index is 12.5. The number of allylic oxidation sites excluding steroid dienone is 4. The third-order valence-electron chi connectivity index (χ3n) is 5.81. The first-order chi connectivity index (χ1) is 17.1. The summed E-state index contributed by atoms with van der Waals surface area (Å²) < 4.78 is 20.8. The summed E-state index contributed by atoms with van der Waals surface area (Å²) in [6.45, 7) is 11.2. The minimum Gasteiger partial charge on any atom is -0.463 e. The highest BCUT2D eigenvalue weighted by atomic mass is 16.5. The molecule has 0 bridgehead atoms. The Morgan fingerprint density at radius 3 is 1.11 bits per heavy atom. The van der Waals surface area contributed by atoms with Gasteiger partial charge in [-0.1, -0.05) is 0 Å². The van der Waals surface area contributed by atoms with E-state index in [0.717, 1.165) is 0 Å². The topological polar surface area (TPSA) is 129 Å². The molecule has 0 aromatic carbocycles. The van der Waals surface area contributed by atoms with Crippen LogP contribution in [0.5, 0.6) is 0 Å². The Morgan fingerprint density at radius 2 is 0.833 bits per heavy atom. The fraction of sp³-hybridized carbons (Fsp3) is 0.538. The summed E-state index contributed by atoms with van der Waals surface area (Å²) in [7, 11) is 0. The van der Waals surface area contributed by atoms with Gasteiger partial charge in [-0.05, 0) is 54.4 Å². The van der Waals surface area contributed by atoms with Crippen LogP contribution >= 0.6 is 0 Å². The Labute approximate surface area is 211 Å². The van der Waals surface area contributed by atoms with Crippen molar-refractivity contribution in [2.24, 2.45) is 0 Å². The van der Waals surface area contributed by atoms with Crippen molar-refractivity contribution in [3.8, 4) is 0 Å². The number of ether oxygens (including phenoxy) is 4. The Morgan fingerprint density at radius 1 is 0.556 bits per heavy atom. The number of esters is 4. The van der Waals surface area contributed by atoms with Crippen molar-refractivity contribution >= 4 is 23.9 Å². The summed E-state index contributed by atoms with van der Waals surface area (Å²) in [6.07, 6.45) is 1.26. The second-order valence-corrected chi connectivity index (χ2v) is 8.44. The van der Waals surface area contributed by atoms with E-state index in [-0.39, 0.29) is 39.3 Å². The molecule has 0 amide bonds. The number of hydrogen-bond donors (Lipinski definition) is 2.